The number of rotatable bonds is 5. The van der Waals surface area contributed by atoms with Crippen molar-refractivity contribution in [1.29, 1.82) is 0 Å². The van der Waals surface area contributed by atoms with Gasteiger partial charge in [-0.05, 0) is 42.0 Å². The van der Waals surface area contributed by atoms with Crippen molar-refractivity contribution < 1.29 is 9.84 Å². The van der Waals surface area contributed by atoms with Gasteiger partial charge in [0.25, 0.3) is 0 Å². The molecule has 0 saturated carbocycles. The number of hydrogen-bond donors (Lipinski definition) is 3. The third-order valence-electron chi connectivity index (χ3n) is 2.92. The highest BCUT2D eigenvalue weighted by molar-refractivity contribution is 7.80. The van der Waals surface area contributed by atoms with Crippen LogP contribution in [-0.2, 0) is 6.54 Å². The molecule has 0 aliphatic heterocycles. The number of hydrazone groups is 1. The van der Waals surface area contributed by atoms with Gasteiger partial charge in [0, 0.05) is 12.1 Å². The van der Waals surface area contributed by atoms with Crippen LogP contribution in [0.2, 0.25) is 0 Å². The molecule has 0 aliphatic rings. The molecule has 0 atom stereocenters. The Bertz CT molecular complexity index is 657. The third kappa shape index (κ3) is 4.75. The summed E-state index contributed by atoms with van der Waals surface area (Å²) in [5.41, 5.74) is 4.40. The Morgan fingerprint density at radius 3 is 2.64 bits per heavy atom. The van der Waals surface area contributed by atoms with E-state index >= 15 is 0 Å². The Labute approximate surface area is 134 Å². The molecule has 0 amide bonds. The normalized spacial score (nSPS) is 10.4. The van der Waals surface area contributed by atoms with Crippen LogP contribution < -0.4 is 15.5 Å². The summed E-state index contributed by atoms with van der Waals surface area (Å²) in [6.07, 6.45) is 1.51. The van der Waals surface area contributed by atoms with Crippen molar-refractivity contribution >= 4 is 23.5 Å². The predicted octanol–water partition coefficient (Wildman–Crippen LogP) is 2.40. The van der Waals surface area contributed by atoms with Gasteiger partial charge in [0.05, 0.1) is 13.3 Å². The first-order chi connectivity index (χ1) is 10.7. The van der Waals surface area contributed by atoms with E-state index in [1.165, 1.54) is 6.21 Å². The van der Waals surface area contributed by atoms with Crippen LogP contribution in [-0.4, -0.2) is 23.5 Å². The van der Waals surface area contributed by atoms with Gasteiger partial charge in [0.1, 0.15) is 11.5 Å². The Morgan fingerprint density at radius 2 is 1.95 bits per heavy atom. The number of phenolic OH excluding ortho intramolecular Hbond substituents is 1. The lowest BCUT2D eigenvalue weighted by molar-refractivity contribution is 0.414. The van der Waals surface area contributed by atoms with Crippen LogP contribution >= 0.6 is 12.2 Å². The molecule has 2 aromatic carbocycles. The Morgan fingerprint density at radius 1 is 1.23 bits per heavy atom. The molecule has 6 heteroatoms. The molecule has 114 valence electrons. The maximum Gasteiger partial charge on any atom is 0.187 e. The number of aromatic hydroxyl groups is 1. The number of nitrogens with one attached hydrogen (secondary N) is 2. The number of methoxy groups -OCH3 is 1. The van der Waals surface area contributed by atoms with Gasteiger partial charge in [-0.3, -0.25) is 5.43 Å². The van der Waals surface area contributed by atoms with Crippen LogP contribution in [0.3, 0.4) is 0 Å². The molecule has 2 rings (SSSR count). The quantitative estimate of drug-likeness (QED) is 0.449. The van der Waals surface area contributed by atoms with E-state index in [0.29, 0.717) is 17.2 Å². The first-order valence-electron chi connectivity index (χ1n) is 6.67. The van der Waals surface area contributed by atoms with Gasteiger partial charge < -0.3 is 15.2 Å². The van der Waals surface area contributed by atoms with Gasteiger partial charge in [0.2, 0.25) is 0 Å². The van der Waals surface area contributed by atoms with E-state index in [4.69, 9.17) is 17.0 Å². The average molecular weight is 315 g/mol. The largest absolute Gasteiger partial charge is 0.507 e. The molecular weight excluding hydrogens is 298 g/mol. The van der Waals surface area contributed by atoms with Gasteiger partial charge in [-0.1, -0.05) is 24.3 Å². The lowest BCUT2D eigenvalue weighted by Crippen LogP contribution is -2.31. The van der Waals surface area contributed by atoms with E-state index < -0.39 is 0 Å². The molecule has 0 aromatic heterocycles. The van der Waals surface area contributed by atoms with E-state index in [-0.39, 0.29) is 5.75 Å². The SMILES string of the molecule is COc1ccc(CNC(=S)N/N=C/c2ccccc2O)cc1. The molecule has 2 aromatic rings. The highest BCUT2D eigenvalue weighted by Gasteiger charge is 1.97. The summed E-state index contributed by atoms with van der Waals surface area (Å²) in [6, 6.07) is 14.6. The van der Waals surface area contributed by atoms with Crippen LogP contribution in [0.1, 0.15) is 11.1 Å². The fraction of sp³-hybridized carbons (Fsp3) is 0.125. The predicted molar refractivity (Wildman–Crippen MR) is 91.3 cm³/mol. The minimum absolute atomic E-state index is 0.171. The summed E-state index contributed by atoms with van der Waals surface area (Å²) in [5.74, 6) is 0.988. The van der Waals surface area contributed by atoms with E-state index in [2.05, 4.69) is 15.8 Å². The topological polar surface area (TPSA) is 65.9 Å². The highest BCUT2D eigenvalue weighted by Crippen LogP contribution is 2.12. The first kappa shape index (κ1) is 15.8. The summed E-state index contributed by atoms with van der Waals surface area (Å²) in [7, 11) is 1.63. The second-order valence-corrected chi connectivity index (χ2v) is 4.87. The van der Waals surface area contributed by atoms with Gasteiger partial charge >= 0.3 is 0 Å². The highest BCUT2D eigenvalue weighted by atomic mass is 32.1. The number of hydrogen-bond acceptors (Lipinski definition) is 4. The van der Waals surface area contributed by atoms with Gasteiger partial charge in [-0.25, -0.2) is 0 Å². The molecule has 0 aliphatic carbocycles. The molecule has 0 spiro atoms. The minimum atomic E-state index is 0.171. The number of thiocarbonyl (C=S) groups is 1. The molecule has 0 radical (unpaired) electrons. The van der Waals surface area contributed by atoms with Crippen molar-refractivity contribution in [3.8, 4) is 11.5 Å². The standard InChI is InChI=1S/C16H17N3O2S/c1-21-14-8-6-12(7-9-14)10-17-16(22)19-18-11-13-4-2-3-5-15(13)20/h2-9,11,20H,10H2,1H3,(H2,17,19,22)/b18-11+. The van der Waals surface area contributed by atoms with Crippen LogP contribution in [0.4, 0.5) is 0 Å². The molecule has 0 fully saturated rings. The van der Waals surface area contributed by atoms with Crippen LogP contribution in [0, 0.1) is 0 Å². The lowest BCUT2D eigenvalue weighted by Gasteiger charge is -2.07. The van der Waals surface area contributed by atoms with Crippen molar-refractivity contribution in [1.82, 2.24) is 10.7 Å². The van der Waals surface area contributed by atoms with Crippen molar-refractivity contribution in [3.63, 3.8) is 0 Å². The summed E-state index contributed by atoms with van der Waals surface area (Å²) < 4.78 is 5.10. The summed E-state index contributed by atoms with van der Waals surface area (Å²) in [4.78, 5) is 0. The molecule has 0 unspecified atom stereocenters. The van der Waals surface area contributed by atoms with E-state index in [1.807, 2.05) is 30.3 Å². The van der Waals surface area contributed by atoms with Crippen molar-refractivity contribution in [3.05, 3.63) is 59.7 Å². The fourth-order valence-corrected chi connectivity index (χ4v) is 1.85. The molecular formula is C16H17N3O2S. The number of benzene rings is 2. The number of para-hydroxylation sites is 1. The lowest BCUT2D eigenvalue weighted by atomic mass is 10.2. The van der Waals surface area contributed by atoms with Crippen LogP contribution in [0.25, 0.3) is 0 Å². The zero-order valence-corrected chi connectivity index (χ0v) is 12.9. The van der Waals surface area contributed by atoms with Crippen LogP contribution in [0.15, 0.2) is 53.6 Å². The summed E-state index contributed by atoms with van der Waals surface area (Å²) in [6.45, 7) is 0.585. The van der Waals surface area contributed by atoms with Crippen molar-refractivity contribution in [2.24, 2.45) is 5.10 Å². The molecule has 0 saturated heterocycles. The van der Waals surface area contributed by atoms with Crippen LogP contribution in [0.5, 0.6) is 11.5 Å². The Hall–Kier alpha value is -2.60. The van der Waals surface area contributed by atoms with E-state index in [1.54, 1.807) is 25.3 Å². The Balaban J connectivity index is 1.79. The fourth-order valence-electron chi connectivity index (χ4n) is 1.72. The molecule has 0 bridgehead atoms. The number of phenols is 1. The molecule has 5 nitrogen and oxygen atoms in total. The molecule has 0 heterocycles. The second kappa shape index (κ2) is 7.99. The van der Waals surface area contributed by atoms with Gasteiger partial charge in [0.15, 0.2) is 5.11 Å². The number of ether oxygens (including phenoxy) is 1. The molecule has 3 N–H and O–H groups in total. The van der Waals surface area contributed by atoms with Gasteiger partial charge in [-0.2, -0.15) is 5.10 Å². The average Bonchev–Trinajstić information content (AvgIpc) is 2.55. The third-order valence-corrected chi connectivity index (χ3v) is 3.15. The maximum absolute atomic E-state index is 9.59. The van der Waals surface area contributed by atoms with E-state index in [9.17, 15) is 5.11 Å². The smallest absolute Gasteiger partial charge is 0.187 e. The summed E-state index contributed by atoms with van der Waals surface area (Å²) >= 11 is 5.13. The number of nitrogens with zero attached hydrogens (tertiary/aromatic N) is 1. The molecule has 22 heavy (non-hydrogen) atoms. The zero-order valence-electron chi connectivity index (χ0n) is 12.1. The maximum atomic E-state index is 9.59. The second-order valence-electron chi connectivity index (χ2n) is 4.46. The first-order valence-corrected chi connectivity index (χ1v) is 7.07. The van der Waals surface area contributed by atoms with Crippen molar-refractivity contribution in [2.75, 3.05) is 7.11 Å². The Kier molecular flexibility index (Phi) is 5.73. The summed E-state index contributed by atoms with van der Waals surface area (Å²) in [5, 5.41) is 17.0. The van der Waals surface area contributed by atoms with E-state index in [0.717, 1.165) is 11.3 Å². The zero-order chi connectivity index (χ0) is 15.8. The monoisotopic (exact) mass is 315 g/mol. The van der Waals surface area contributed by atoms with Crippen molar-refractivity contribution in [2.45, 2.75) is 6.54 Å². The minimum Gasteiger partial charge on any atom is -0.507 e. The van der Waals surface area contributed by atoms with Gasteiger partial charge in [-0.15, -0.1) is 0 Å².